The first-order chi connectivity index (χ1) is 16.1. The predicted octanol–water partition coefficient (Wildman–Crippen LogP) is 4.70. The Labute approximate surface area is 199 Å². The molecule has 2 aliphatic carbocycles. The molecule has 1 amide bonds. The van der Waals surface area contributed by atoms with Crippen LogP contribution in [0.3, 0.4) is 0 Å². The molecule has 2 atom stereocenters. The van der Waals surface area contributed by atoms with Gasteiger partial charge in [0.2, 0.25) is 0 Å². The lowest BCUT2D eigenvalue weighted by Gasteiger charge is -2.37. The number of aromatic nitrogens is 1. The molecule has 1 aromatic heterocycles. The van der Waals surface area contributed by atoms with Crippen LogP contribution in [0, 0.1) is 16.7 Å². The number of carbonyl (C=O) groups is 1. The Bertz CT molecular complexity index is 1420. The van der Waals surface area contributed by atoms with E-state index in [2.05, 4.69) is 10.5 Å². The van der Waals surface area contributed by atoms with Gasteiger partial charge in [-0.2, -0.15) is 13.5 Å². The molecule has 34 heavy (non-hydrogen) atoms. The first kappa shape index (κ1) is 22.7. The molecular weight excluding hydrogens is 450 g/mol. The van der Waals surface area contributed by atoms with E-state index in [-0.39, 0.29) is 23.0 Å². The molecule has 8 heteroatoms. The van der Waals surface area contributed by atoms with Crippen LogP contribution < -0.4 is 5.43 Å². The third-order valence-corrected chi connectivity index (χ3v) is 8.77. The summed E-state index contributed by atoms with van der Waals surface area (Å²) in [5.41, 5.74) is 4.93. The van der Waals surface area contributed by atoms with Crippen molar-refractivity contribution in [3.8, 4) is 11.3 Å². The molecular formula is C26H27N3O4S. The number of benzene rings is 2. The molecule has 5 rings (SSSR count). The van der Waals surface area contributed by atoms with Gasteiger partial charge in [-0.25, -0.2) is 10.4 Å². The lowest BCUT2D eigenvalue weighted by Crippen LogP contribution is -2.43. The molecule has 0 spiro atoms. The second kappa shape index (κ2) is 7.99. The van der Waals surface area contributed by atoms with Crippen molar-refractivity contribution < 1.29 is 17.8 Å². The number of nitrogens with zero attached hydrogens (tertiary/aromatic N) is 2. The number of pyridine rings is 1. The smallest absolute Gasteiger partial charge is 0.272 e. The van der Waals surface area contributed by atoms with Crippen LogP contribution in [0.15, 0.2) is 65.8 Å². The standard InChI is InChI=1S/C26H27N3O4S/c1-25(2)18-12-13-26(25,16-34(31,32)33)23(14-18)28-29-24(30)20-15-22(17-8-4-3-5-9-17)27-21-11-7-6-10-19(20)21/h3-11,15,18H,12-14,16H2,1-2H3,(H,29,30)(H,31,32,33)/b28-23+/t18-,26-/m1/s1. The number of hydrogen-bond acceptors (Lipinski definition) is 5. The van der Waals surface area contributed by atoms with E-state index in [9.17, 15) is 17.8 Å². The van der Waals surface area contributed by atoms with Gasteiger partial charge in [-0.1, -0.05) is 62.4 Å². The lowest BCUT2D eigenvalue weighted by molar-refractivity contribution is 0.0955. The van der Waals surface area contributed by atoms with Crippen molar-refractivity contribution in [2.24, 2.45) is 21.8 Å². The normalized spacial score (nSPS) is 24.6. The number of hydrogen-bond donors (Lipinski definition) is 2. The van der Waals surface area contributed by atoms with Crippen molar-refractivity contribution in [2.45, 2.75) is 33.1 Å². The van der Waals surface area contributed by atoms with Gasteiger partial charge in [-0.3, -0.25) is 9.35 Å². The maximum atomic E-state index is 13.3. The molecule has 0 aliphatic heterocycles. The van der Waals surface area contributed by atoms with Crippen molar-refractivity contribution >= 4 is 32.6 Å². The van der Waals surface area contributed by atoms with Gasteiger partial charge in [0.1, 0.15) is 0 Å². The van der Waals surface area contributed by atoms with Crippen LogP contribution in [0.2, 0.25) is 0 Å². The molecule has 2 aromatic carbocycles. The number of rotatable bonds is 5. The van der Waals surface area contributed by atoms with Gasteiger partial charge in [0, 0.05) is 22.1 Å². The third-order valence-electron chi connectivity index (χ3n) is 7.92. The van der Waals surface area contributed by atoms with Crippen molar-refractivity contribution in [3.05, 3.63) is 66.2 Å². The van der Waals surface area contributed by atoms with Crippen molar-refractivity contribution in [3.63, 3.8) is 0 Å². The Morgan fingerprint density at radius 3 is 2.56 bits per heavy atom. The molecule has 0 unspecified atom stereocenters. The summed E-state index contributed by atoms with van der Waals surface area (Å²) in [6.07, 6.45) is 2.11. The van der Waals surface area contributed by atoms with E-state index in [1.165, 1.54) is 0 Å². The molecule has 2 N–H and O–H groups in total. The lowest BCUT2D eigenvalue weighted by atomic mass is 9.70. The second-order valence-electron chi connectivity index (χ2n) is 9.91. The molecule has 2 aliphatic rings. The van der Waals surface area contributed by atoms with Crippen LogP contribution in [-0.4, -0.2) is 35.3 Å². The van der Waals surface area contributed by atoms with Crippen LogP contribution in [0.1, 0.15) is 43.5 Å². The van der Waals surface area contributed by atoms with Crippen LogP contribution in [-0.2, 0) is 10.1 Å². The zero-order valence-electron chi connectivity index (χ0n) is 19.2. The highest BCUT2D eigenvalue weighted by molar-refractivity contribution is 7.85. The Hall–Kier alpha value is -3.10. The number of fused-ring (bicyclic) bond motifs is 3. The summed E-state index contributed by atoms with van der Waals surface area (Å²) in [7, 11) is -4.21. The van der Waals surface area contributed by atoms with E-state index < -0.39 is 15.5 Å². The highest BCUT2D eigenvalue weighted by Crippen LogP contribution is 2.64. The monoisotopic (exact) mass is 477 g/mol. The van der Waals surface area contributed by atoms with Crippen LogP contribution in [0.5, 0.6) is 0 Å². The summed E-state index contributed by atoms with van der Waals surface area (Å²) in [6, 6.07) is 18.8. The minimum Gasteiger partial charge on any atom is -0.286 e. The largest absolute Gasteiger partial charge is 0.286 e. The average Bonchev–Trinajstić information content (AvgIpc) is 3.16. The zero-order valence-corrected chi connectivity index (χ0v) is 20.0. The molecule has 3 aromatic rings. The van der Waals surface area contributed by atoms with Crippen LogP contribution in [0.4, 0.5) is 0 Å². The first-order valence-corrected chi connectivity index (χ1v) is 13.0. The summed E-state index contributed by atoms with van der Waals surface area (Å²) < 4.78 is 33.5. The van der Waals surface area contributed by atoms with E-state index in [0.717, 1.165) is 12.0 Å². The maximum Gasteiger partial charge on any atom is 0.272 e. The van der Waals surface area contributed by atoms with Gasteiger partial charge < -0.3 is 0 Å². The Morgan fingerprint density at radius 2 is 1.85 bits per heavy atom. The molecule has 176 valence electrons. The number of nitrogens with one attached hydrogen (secondary N) is 1. The van der Waals surface area contributed by atoms with Gasteiger partial charge in [-0.05, 0) is 42.7 Å². The Morgan fingerprint density at radius 1 is 1.15 bits per heavy atom. The molecule has 0 radical (unpaired) electrons. The zero-order chi connectivity index (χ0) is 24.1. The van der Waals surface area contributed by atoms with Gasteiger partial charge in [0.15, 0.2) is 0 Å². The van der Waals surface area contributed by atoms with E-state index in [1.54, 1.807) is 6.07 Å². The van der Waals surface area contributed by atoms with Crippen LogP contribution in [0.25, 0.3) is 22.2 Å². The predicted molar refractivity (Wildman–Crippen MR) is 132 cm³/mol. The van der Waals surface area contributed by atoms with E-state index in [0.29, 0.717) is 40.7 Å². The number of hydrazone groups is 1. The summed E-state index contributed by atoms with van der Waals surface area (Å²) in [5, 5.41) is 5.17. The highest BCUT2D eigenvalue weighted by atomic mass is 32.2. The second-order valence-corrected chi connectivity index (χ2v) is 11.4. The molecule has 1 heterocycles. The SMILES string of the molecule is CC1(C)[C@@H]2CC[C@@]1(CS(=O)(=O)O)/C(=N/NC(=O)c1cc(-c3ccccc3)nc3ccccc13)C2. The number of para-hydroxylation sites is 1. The van der Waals surface area contributed by atoms with Gasteiger partial charge in [0.05, 0.1) is 22.5 Å². The highest BCUT2D eigenvalue weighted by Gasteiger charge is 2.64. The number of carbonyl (C=O) groups excluding carboxylic acids is 1. The fourth-order valence-electron chi connectivity index (χ4n) is 5.90. The van der Waals surface area contributed by atoms with Crippen molar-refractivity contribution in [1.29, 1.82) is 0 Å². The van der Waals surface area contributed by atoms with E-state index in [4.69, 9.17) is 4.98 Å². The molecule has 2 bridgehead atoms. The first-order valence-electron chi connectivity index (χ1n) is 11.4. The third kappa shape index (κ3) is 3.71. The summed E-state index contributed by atoms with van der Waals surface area (Å²) in [4.78, 5) is 18.1. The van der Waals surface area contributed by atoms with Gasteiger partial charge in [0.25, 0.3) is 16.0 Å². The van der Waals surface area contributed by atoms with Gasteiger partial charge in [-0.15, -0.1) is 0 Å². The molecule has 7 nitrogen and oxygen atoms in total. The molecule has 0 saturated heterocycles. The summed E-state index contributed by atoms with van der Waals surface area (Å²) in [6.45, 7) is 4.06. The van der Waals surface area contributed by atoms with Gasteiger partial charge >= 0.3 is 0 Å². The molecule has 2 saturated carbocycles. The Balaban J connectivity index is 1.52. The van der Waals surface area contributed by atoms with E-state index >= 15 is 0 Å². The maximum absolute atomic E-state index is 13.3. The minimum atomic E-state index is -4.21. The van der Waals surface area contributed by atoms with Crippen molar-refractivity contribution in [2.75, 3.05) is 5.75 Å². The minimum absolute atomic E-state index is 0.261. The average molecular weight is 478 g/mol. The van der Waals surface area contributed by atoms with Crippen molar-refractivity contribution in [1.82, 2.24) is 10.4 Å². The summed E-state index contributed by atoms with van der Waals surface area (Å²) in [5.74, 6) is -0.503. The molecule has 2 fully saturated rings. The fourth-order valence-corrected chi connectivity index (χ4v) is 7.21. The van der Waals surface area contributed by atoms with E-state index in [1.807, 2.05) is 68.4 Å². The quantitative estimate of drug-likeness (QED) is 0.409. The summed E-state index contributed by atoms with van der Waals surface area (Å²) >= 11 is 0. The Kier molecular flexibility index (Phi) is 5.33. The number of amides is 1. The topological polar surface area (TPSA) is 109 Å². The fraction of sp³-hybridized carbons (Fsp3) is 0.346. The van der Waals surface area contributed by atoms with Crippen LogP contribution >= 0.6 is 0 Å².